The van der Waals surface area contributed by atoms with E-state index >= 15 is 0 Å². The van der Waals surface area contributed by atoms with Gasteiger partial charge in [0.05, 0.1) is 12.2 Å². The summed E-state index contributed by atoms with van der Waals surface area (Å²) in [4.78, 5) is 0. The molecule has 0 amide bonds. The maximum absolute atomic E-state index is 11.5. The zero-order valence-electron chi connectivity index (χ0n) is 31.2. The minimum absolute atomic E-state index is 0.0652. The smallest absolute Gasteiger partial charge is 0.0577 e. The topological polar surface area (TPSA) is 40.5 Å². The van der Waals surface area contributed by atoms with Crippen LogP contribution in [0.4, 0.5) is 0 Å². The normalized spacial score (nSPS) is 40.9. The van der Waals surface area contributed by atoms with Crippen molar-refractivity contribution in [2.75, 3.05) is 0 Å². The van der Waals surface area contributed by atoms with Crippen LogP contribution < -0.4 is 0 Å². The standard InChI is InChI=1S/C28H50O2.C13H24.C2H4/c1-6-7-20-12-14-27(4)21(16-20)17-25(30)26-23-11-10-22(18(2)8-9-19(3)29)28(23,5)15-13-24(26)27;1-10(2)9-13(12-7-8-12)6-5-11-3-4-11;1-2/h18-26,29-30H,6-17H2,1-5H3;10-13H,3-9H2,1-2H3;1-2H2. The van der Waals surface area contributed by atoms with Crippen LogP contribution in [0.3, 0.4) is 0 Å². The monoisotopic (exact) mass is 627 g/mol. The Labute approximate surface area is 281 Å². The molecule has 6 saturated carbocycles. The average Bonchev–Trinajstić information content (AvgIpc) is 3.94. The van der Waals surface area contributed by atoms with Gasteiger partial charge in [0.1, 0.15) is 0 Å². The van der Waals surface area contributed by atoms with E-state index in [0.717, 1.165) is 72.5 Å². The zero-order chi connectivity index (χ0) is 32.9. The molecule has 0 aromatic carbocycles. The maximum atomic E-state index is 11.5. The van der Waals surface area contributed by atoms with E-state index in [0.29, 0.717) is 22.7 Å². The molecule has 12 atom stereocenters. The summed E-state index contributed by atoms with van der Waals surface area (Å²) in [5, 5.41) is 21.3. The van der Waals surface area contributed by atoms with E-state index in [1.165, 1.54) is 64.2 Å². The Kier molecular flexibility index (Phi) is 13.6. The van der Waals surface area contributed by atoms with E-state index in [9.17, 15) is 10.2 Å². The number of rotatable bonds is 12. The lowest BCUT2D eigenvalue weighted by atomic mass is 9.43. The molecule has 0 aromatic heterocycles. The van der Waals surface area contributed by atoms with Crippen molar-refractivity contribution >= 4 is 0 Å². The Morgan fingerprint density at radius 3 is 2.00 bits per heavy atom. The summed E-state index contributed by atoms with van der Waals surface area (Å²) in [7, 11) is 0. The number of aliphatic hydroxyl groups excluding tert-OH is 2. The van der Waals surface area contributed by atoms with E-state index < -0.39 is 0 Å². The van der Waals surface area contributed by atoms with Gasteiger partial charge in [0.2, 0.25) is 0 Å². The highest BCUT2D eigenvalue weighted by Gasteiger charge is 2.62. The summed E-state index contributed by atoms with van der Waals surface area (Å²) in [6.07, 6.45) is 26.0. The van der Waals surface area contributed by atoms with E-state index in [4.69, 9.17) is 0 Å². The quantitative estimate of drug-likeness (QED) is 0.212. The maximum Gasteiger partial charge on any atom is 0.0577 e. The molecular formula is C43H78O2. The van der Waals surface area contributed by atoms with Crippen LogP contribution in [0.2, 0.25) is 0 Å². The number of hydrogen-bond acceptors (Lipinski definition) is 2. The SMILES string of the molecule is C=C.CC(C)CC(CCC1CC1)C1CC1.CCCC1CCC2(C)C(C1)CC(O)C1C2CCC2(C)C(C(C)CCC(C)O)CCC12. The van der Waals surface area contributed by atoms with Gasteiger partial charge in [-0.3, -0.25) is 0 Å². The van der Waals surface area contributed by atoms with Crippen molar-refractivity contribution in [1.29, 1.82) is 0 Å². The lowest BCUT2D eigenvalue weighted by Crippen LogP contribution is -2.58. The first kappa shape index (κ1) is 37.5. The predicted octanol–water partition coefficient (Wildman–Crippen LogP) is 11.9. The summed E-state index contributed by atoms with van der Waals surface area (Å²) in [6, 6.07) is 0. The molecule has 6 fully saturated rings. The summed E-state index contributed by atoms with van der Waals surface area (Å²) in [5.74, 6) is 9.46. The molecule has 6 aliphatic rings. The third kappa shape index (κ3) is 9.02. The molecule has 6 aliphatic carbocycles. The number of fused-ring (bicyclic) bond motifs is 5. The molecule has 6 rings (SSSR count). The highest BCUT2D eigenvalue weighted by molar-refractivity contribution is 5.11. The summed E-state index contributed by atoms with van der Waals surface area (Å²) in [5.41, 5.74) is 0.883. The number of hydrogen-bond donors (Lipinski definition) is 2. The van der Waals surface area contributed by atoms with Gasteiger partial charge < -0.3 is 10.2 Å². The number of aliphatic hydroxyl groups is 2. The summed E-state index contributed by atoms with van der Waals surface area (Å²) >= 11 is 0. The Morgan fingerprint density at radius 1 is 0.733 bits per heavy atom. The minimum atomic E-state index is -0.173. The van der Waals surface area contributed by atoms with Crippen molar-refractivity contribution in [2.45, 2.75) is 183 Å². The lowest BCUT2D eigenvalue weighted by Gasteiger charge is -2.62. The van der Waals surface area contributed by atoms with Gasteiger partial charge in [0.15, 0.2) is 0 Å². The van der Waals surface area contributed by atoms with Gasteiger partial charge in [-0.15, -0.1) is 13.2 Å². The molecule has 0 radical (unpaired) electrons. The van der Waals surface area contributed by atoms with Crippen LogP contribution >= 0.6 is 0 Å². The fourth-order valence-electron chi connectivity index (χ4n) is 12.2. The minimum Gasteiger partial charge on any atom is -0.393 e. The van der Waals surface area contributed by atoms with Crippen LogP contribution in [0.1, 0.15) is 170 Å². The van der Waals surface area contributed by atoms with Gasteiger partial charge >= 0.3 is 0 Å². The van der Waals surface area contributed by atoms with Gasteiger partial charge in [-0.1, -0.05) is 73.6 Å². The van der Waals surface area contributed by atoms with Crippen LogP contribution in [-0.4, -0.2) is 22.4 Å². The predicted molar refractivity (Wildman–Crippen MR) is 194 cm³/mol. The van der Waals surface area contributed by atoms with Crippen molar-refractivity contribution < 1.29 is 10.2 Å². The van der Waals surface area contributed by atoms with Gasteiger partial charge in [-0.2, -0.15) is 0 Å². The zero-order valence-corrected chi connectivity index (χ0v) is 31.2. The molecule has 0 spiro atoms. The van der Waals surface area contributed by atoms with Gasteiger partial charge in [-0.25, -0.2) is 0 Å². The first-order valence-electron chi connectivity index (χ1n) is 20.3. The third-order valence-electron chi connectivity index (χ3n) is 15.0. The summed E-state index contributed by atoms with van der Waals surface area (Å²) in [6.45, 7) is 22.7. The second-order valence-electron chi connectivity index (χ2n) is 18.6. The van der Waals surface area contributed by atoms with E-state index in [1.807, 2.05) is 6.92 Å². The van der Waals surface area contributed by atoms with E-state index in [2.05, 4.69) is 54.7 Å². The fraction of sp³-hybridized carbons (Fsp3) is 0.953. The Balaban J connectivity index is 0.000000255. The first-order valence-corrected chi connectivity index (χ1v) is 20.3. The van der Waals surface area contributed by atoms with Gasteiger partial charge in [0, 0.05) is 0 Å². The van der Waals surface area contributed by atoms with Crippen LogP contribution in [0.5, 0.6) is 0 Å². The molecule has 0 bridgehead atoms. The van der Waals surface area contributed by atoms with Crippen molar-refractivity contribution in [1.82, 2.24) is 0 Å². The lowest BCUT2D eigenvalue weighted by molar-refractivity contribution is -0.169. The first-order chi connectivity index (χ1) is 21.5. The van der Waals surface area contributed by atoms with Crippen molar-refractivity contribution in [3.63, 3.8) is 0 Å². The van der Waals surface area contributed by atoms with Crippen LogP contribution in [0, 0.1) is 75.9 Å². The van der Waals surface area contributed by atoms with E-state index in [-0.39, 0.29) is 12.2 Å². The molecule has 0 heterocycles. The molecule has 0 aliphatic heterocycles. The van der Waals surface area contributed by atoms with Gasteiger partial charge in [-0.05, 0) is 173 Å². The highest BCUT2D eigenvalue weighted by atomic mass is 16.3. The van der Waals surface area contributed by atoms with Crippen molar-refractivity contribution in [3.8, 4) is 0 Å². The molecule has 12 unspecified atom stereocenters. The van der Waals surface area contributed by atoms with Crippen LogP contribution in [0.25, 0.3) is 0 Å². The Morgan fingerprint density at radius 2 is 1.40 bits per heavy atom. The van der Waals surface area contributed by atoms with Crippen molar-refractivity contribution in [2.24, 2.45) is 75.9 Å². The molecule has 2 heteroatoms. The highest BCUT2D eigenvalue weighted by Crippen LogP contribution is 2.68. The van der Waals surface area contributed by atoms with Crippen LogP contribution in [0.15, 0.2) is 13.2 Å². The second-order valence-corrected chi connectivity index (χ2v) is 18.6. The fourth-order valence-corrected chi connectivity index (χ4v) is 12.2. The van der Waals surface area contributed by atoms with Crippen LogP contribution in [-0.2, 0) is 0 Å². The largest absolute Gasteiger partial charge is 0.393 e. The van der Waals surface area contributed by atoms with Gasteiger partial charge in [0.25, 0.3) is 0 Å². The molecule has 0 saturated heterocycles. The molecule has 2 N–H and O–H groups in total. The molecule has 262 valence electrons. The Hall–Kier alpha value is -0.340. The Bertz CT molecular complexity index is 873. The molecule has 0 aromatic rings. The molecule has 2 nitrogen and oxygen atoms in total. The van der Waals surface area contributed by atoms with E-state index in [1.54, 1.807) is 38.5 Å². The molecular weight excluding hydrogens is 548 g/mol. The summed E-state index contributed by atoms with van der Waals surface area (Å²) < 4.78 is 0. The second kappa shape index (κ2) is 16.4. The third-order valence-corrected chi connectivity index (χ3v) is 15.0. The molecule has 45 heavy (non-hydrogen) atoms. The average molecular weight is 627 g/mol. The van der Waals surface area contributed by atoms with Crippen molar-refractivity contribution in [3.05, 3.63) is 13.2 Å².